The highest BCUT2D eigenvalue weighted by Gasteiger charge is 2.07. The summed E-state index contributed by atoms with van der Waals surface area (Å²) in [5, 5.41) is 4.89. The van der Waals surface area contributed by atoms with E-state index in [0.29, 0.717) is 6.04 Å². The van der Waals surface area contributed by atoms with Crippen molar-refractivity contribution in [1.82, 2.24) is 14.8 Å². The molecular formula is C18H29N3. The van der Waals surface area contributed by atoms with Crippen molar-refractivity contribution in [3.05, 3.63) is 36.0 Å². The van der Waals surface area contributed by atoms with Crippen molar-refractivity contribution < 1.29 is 0 Å². The minimum atomic E-state index is 0.519. The number of hydrogen-bond acceptors (Lipinski definition) is 2. The zero-order valence-corrected chi connectivity index (χ0v) is 13.9. The quantitative estimate of drug-likeness (QED) is 0.802. The second-order valence-electron chi connectivity index (χ2n) is 5.92. The number of fused-ring (bicyclic) bond motifs is 1. The predicted molar refractivity (Wildman–Crippen MR) is 91.7 cm³/mol. The summed E-state index contributed by atoms with van der Waals surface area (Å²) in [5.74, 6) is 0. The highest BCUT2D eigenvalue weighted by Crippen LogP contribution is 2.20. The van der Waals surface area contributed by atoms with E-state index in [0.717, 1.165) is 32.7 Å². The molecule has 0 saturated carbocycles. The van der Waals surface area contributed by atoms with Crippen LogP contribution in [0, 0.1) is 0 Å². The van der Waals surface area contributed by atoms with Gasteiger partial charge < -0.3 is 14.8 Å². The van der Waals surface area contributed by atoms with Gasteiger partial charge in [0.1, 0.15) is 0 Å². The first-order valence-corrected chi connectivity index (χ1v) is 8.18. The van der Waals surface area contributed by atoms with Gasteiger partial charge in [0.15, 0.2) is 0 Å². The van der Waals surface area contributed by atoms with Crippen molar-refractivity contribution in [3.8, 4) is 0 Å². The van der Waals surface area contributed by atoms with Gasteiger partial charge in [-0.05, 0) is 30.8 Å². The van der Waals surface area contributed by atoms with Crippen LogP contribution in [0.4, 0.5) is 0 Å². The fourth-order valence-electron chi connectivity index (χ4n) is 2.74. The first kappa shape index (κ1) is 16.1. The summed E-state index contributed by atoms with van der Waals surface area (Å²) < 4.78 is 2.38. The average Bonchev–Trinajstić information content (AvgIpc) is 2.90. The maximum absolute atomic E-state index is 3.51. The van der Waals surface area contributed by atoms with Gasteiger partial charge in [0.25, 0.3) is 0 Å². The monoisotopic (exact) mass is 287 g/mol. The SMILES string of the molecule is CCN(CC)CCn1ccc2c(CNC(C)C)cccc21. The molecule has 0 fully saturated rings. The molecule has 1 aromatic heterocycles. The molecule has 0 atom stereocenters. The minimum absolute atomic E-state index is 0.519. The second-order valence-corrected chi connectivity index (χ2v) is 5.92. The van der Waals surface area contributed by atoms with Crippen molar-refractivity contribution in [1.29, 1.82) is 0 Å². The van der Waals surface area contributed by atoms with Crippen molar-refractivity contribution in [3.63, 3.8) is 0 Å². The molecule has 1 aromatic carbocycles. The molecule has 21 heavy (non-hydrogen) atoms. The number of rotatable bonds is 8. The van der Waals surface area contributed by atoms with E-state index in [4.69, 9.17) is 0 Å². The Morgan fingerprint density at radius 2 is 1.90 bits per heavy atom. The Morgan fingerprint density at radius 3 is 2.57 bits per heavy atom. The fraction of sp³-hybridized carbons (Fsp3) is 0.556. The molecule has 0 unspecified atom stereocenters. The molecule has 0 aliphatic rings. The Balaban J connectivity index is 2.14. The lowest BCUT2D eigenvalue weighted by Gasteiger charge is -2.18. The number of benzene rings is 1. The predicted octanol–water partition coefficient (Wildman–Crippen LogP) is 3.48. The van der Waals surface area contributed by atoms with Gasteiger partial charge >= 0.3 is 0 Å². The average molecular weight is 287 g/mol. The molecular weight excluding hydrogens is 258 g/mol. The Morgan fingerprint density at radius 1 is 1.14 bits per heavy atom. The molecule has 3 nitrogen and oxygen atoms in total. The molecule has 0 amide bonds. The molecule has 0 bridgehead atoms. The topological polar surface area (TPSA) is 20.2 Å². The summed E-state index contributed by atoms with van der Waals surface area (Å²) >= 11 is 0. The van der Waals surface area contributed by atoms with Crippen LogP contribution in [-0.4, -0.2) is 35.1 Å². The van der Waals surface area contributed by atoms with Crippen LogP contribution in [0.3, 0.4) is 0 Å². The summed E-state index contributed by atoms with van der Waals surface area (Å²) in [6.45, 7) is 14.2. The molecule has 0 aliphatic heterocycles. The lowest BCUT2D eigenvalue weighted by atomic mass is 10.1. The summed E-state index contributed by atoms with van der Waals surface area (Å²) in [4.78, 5) is 2.47. The maximum atomic E-state index is 3.51. The number of nitrogens with one attached hydrogen (secondary N) is 1. The van der Waals surface area contributed by atoms with Crippen LogP contribution in [-0.2, 0) is 13.1 Å². The first-order chi connectivity index (χ1) is 10.2. The zero-order valence-electron chi connectivity index (χ0n) is 13.9. The van der Waals surface area contributed by atoms with Crippen LogP contribution >= 0.6 is 0 Å². The first-order valence-electron chi connectivity index (χ1n) is 8.18. The van der Waals surface area contributed by atoms with Gasteiger partial charge in [-0.2, -0.15) is 0 Å². The Bertz CT molecular complexity index is 553. The lowest BCUT2D eigenvalue weighted by Crippen LogP contribution is -2.26. The smallest absolute Gasteiger partial charge is 0.0483 e. The molecule has 0 aliphatic carbocycles. The van der Waals surface area contributed by atoms with E-state index >= 15 is 0 Å². The van der Waals surface area contributed by atoms with Gasteiger partial charge in [-0.1, -0.05) is 39.8 Å². The molecule has 1 N–H and O–H groups in total. The molecule has 0 radical (unpaired) electrons. The van der Waals surface area contributed by atoms with E-state index in [1.165, 1.54) is 16.5 Å². The third kappa shape index (κ3) is 4.08. The van der Waals surface area contributed by atoms with E-state index in [1.807, 2.05) is 0 Å². The summed E-state index contributed by atoms with van der Waals surface area (Å²) in [5.41, 5.74) is 2.74. The van der Waals surface area contributed by atoms with Crippen LogP contribution in [0.15, 0.2) is 30.5 Å². The lowest BCUT2D eigenvalue weighted by molar-refractivity contribution is 0.292. The van der Waals surface area contributed by atoms with Crippen molar-refractivity contribution in [2.75, 3.05) is 19.6 Å². The van der Waals surface area contributed by atoms with E-state index < -0.39 is 0 Å². The summed E-state index contributed by atoms with van der Waals surface area (Å²) in [6.07, 6.45) is 2.23. The number of nitrogens with zero attached hydrogens (tertiary/aromatic N) is 2. The molecule has 0 saturated heterocycles. The molecule has 3 heteroatoms. The van der Waals surface area contributed by atoms with E-state index in [2.05, 4.69) is 72.9 Å². The summed E-state index contributed by atoms with van der Waals surface area (Å²) in [7, 11) is 0. The van der Waals surface area contributed by atoms with Gasteiger partial charge in [0, 0.05) is 42.8 Å². The third-order valence-electron chi connectivity index (χ3n) is 4.16. The normalized spacial score (nSPS) is 11.9. The standard InChI is InChI=1S/C18H29N3/c1-5-20(6-2)12-13-21-11-10-17-16(14-19-15(3)4)8-7-9-18(17)21/h7-11,15,19H,5-6,12-14H2,1-4H3. The van der Waals surface area contributed by atoms with Gasteiger partial charge in [-0.25, -0.2) is 0 Å². The Labute approximate surface area is 128 Å². The summed E-state index contributed by atoms with van der Waals surface area (Å²) in [6, 6.07) is 9.41. The van der Waals surface area contributed by atoms with E-state index in [1.54, 1.807) is 0 Å². The van der Waals surface area contributed by atoms with Crippen LogP contribution in [0.5, 0.6) is 0 Å². The third-order valence-corrected chi connectivity index (χ3v) is 4.16. The number of likely N-dealkylation sites (N-methyl/N-ethyl adjacent to an activating group) is 1. The van der Waals surface area contributed by atoms with E-state index in [9.17, 15) is 0 Å². The zero-order chi connectivity index (χ0) is 15.2. The van der Waals surface area contributed by atoms with Crippen LogP contribution in [0.2, 0.25) is 0 Å². The molecule has 0 spiro atoms. The van der Waals surface area contributed by atoms with E-state index in [-0.39, 0.29) is 0 Å². The molecule has 116 valence electrons. The molecule has 1 heterocycles. The van der Waals surface area contributed by atoms with Gasteiger partial charge in [-0.3, -0.25) is 0 Å². The van der Waals surface area contributed by atoms with Gasteiger partial charge in [0.2, 0.25) is 0 Å². The van der Waals surface area contributed by atoms with Crippen LogP contribution in [0.1, 0.15) is 33.3 Å². The second kappa shape index (κ2) is 7.62. The largest absolute Gasteiger partial charge is 0.346 e. The van der Waals surface area contributed by atoms with Crippen molar-refractivity contribution in [2.45, 2.75) is 46.8 Å². The highest BCUT2D eigenvalue weighted by molar-refractivity contribution is 5.83. The number of hydrogen-bond donors (Lipinski definition) is 1. The van der Waals surface area contributed by atoms with Crippen molar-refractivity contribution in [2.24, 2.45) is 0 Å². The van der Waals surface area contributed by atoms with Gasteiger partial charge in [0.05, 0.1) is 0 Å². The van der Waals surface area contributed by atoms with Crippen molar-refractivity contribution >= 4 is 10.9 Å². The highest BCUT2D eigenvalue weighted by atomic mass is 15.1. The molecule has 2 rings (SSSR count). The Hall–Kier alpha value is -1.32. The van der Waals surface area contributed by atoms with Gasteiger partial charge in [-0.15, -0.1) is 0 Å². The maximum Gasteiger partial charge on any atom is 0.0483 e. The molecule has 2 aromatic rings. The van der Waals surface area contributed by atoms with Crippen LogP contribution in [0.25, 0.3) is 10.9 Å². The fourth-order valence-corrected chi connectivity index (χ4v) is 2.74. The Kier molecular flexibility index (Phi) is 5.83. The number of aromatic nitrogens is 1. The minimum Gasteiger partial charge on any atom is -0.346 e. The van der Waals surface area contributed by atoms with Crippen LogP contribution < -0.4 is 5.32 Å².